The van der Waals surface area contributed by atoms with Gasteiger partial charge in [0.2, 0.25) is 10.0 Å². The fraction of sp³-hybridized carbons (Fsp3) is 0.136. The van der Waals surface area contributed by atoms with Crippen LogP contribution in [0.3, 0.4) is 0 Å². The van der Waals surface area contributed by atoms with Crippen molar-refractivity contribution < 1.29 is 17.9 Å². The molecule has 0 spiro atoms. The van der Waals surface area contributed by atoms with Crippen LogP contribution in [0.15, 0.2) is 66.9 Å². The number of fused-ring (bicyclic) bond motifs is 1. The number of pyridine rings is 1. The number of hydrogen-bond donors (Lipinski definition) is 1. The van der Waals surface area contributed by atoms with E-state index in [2.05, 4.69) is 19.7 Å². The maximum Gasteiger partial charge on any atom is 0.238 e. The van der Waals surface area contributed by atoms with E-state index in [-0.39, 0.29) is 11.6 Å². The molecular formula is C22H20N4O4S. The molecule has 2 aromatic carbocycles. The van der Waals surface area contributed by atoms with Gasteiger partial charge in [0, 0.05) is 5.56 Å². The monoisotopic (exact) mass is 436 g/mol. The van der Waals surface area contributed by atoms with Crippen molar-refractivity contribution in [2.45, 2.75) is 5.75 Å². The number of nitrogens with one attached hydrogen (secondary N) is 1. The normalized spacial score (nSPS) is 11.3. The van der Waals surface area contributed by atoms with E-state index in [1.807, 2.05) is 24.3 Å². The molecule has 4 aromatic rings. The molecule has 2 heterocycles. The number of sulfonamides is 1. The van der Waals surface area contributed by atoms with Gasteiger partial charge in [-0.1, -0.05) is 30.3 Å². The third-order valence-corrected chi connectivity index (χ3v) is 5.78. The number of ether oxygens (including phenoxy) is 2. The van der Waals surface area contributed by atoms with E-state index in [9.17, 15) is 8.42 Å². The van der Waals surface area contributed by atoms with Crippen LogP contribution in [0.1, 0.15) is 5.56 Å². The number of hydrogen-bond acceptors (Lipinski definition) is 7. The van der Waals surface area contributed by atoms with Gasteiger partial charge in [-0.15, -0.1) is 0 Å². The predicted molar refractivity (Wildman–Crippen MR) is 119 cm³/mol. The second-order valence-electron chi connectivity index (χ2n) is 6.71. The lowest BCUT2D eigenvalue weighted by atomic mass is 10.1. The molecule has 0 aliphatic rings. The molecule has 158 valence electrons. The summed E-state index contributed by atoms with van der Waals surface area (Å²) in [7, 11) is -0.511. The highest BCUT2D eigenvalue weighted by molar-refractivity contribution is 7.91. The summed E-state index contributed by atoms with van der Waals surface area (Å²) in [4.78, 5) is 13.2. The second kappa shape index (κ2) is 8.57. The number of rotatable bonds is 7. The van der Waals surface area contributed by atoms with Crippen molar-refractivity contribution in [1.29, 1.82) is 0 Å². The van der Waals surface area contributed by atoms with Crippen molar-refractivity contribution in [3.05, 3.63) is 72.4 Å². The van der Waals surface area contributed by atoms with Crippen LogP contribution in [0.5, 0.6) is 11.5 Å². The molecule has 8 nitrogen and oxygen atoms in total. The first-order valence-corrected chi connectivity index (χ1v) is 11.0. The molecule has 0 saturated carbocycles. The Morgan fingerprint density at radius 2 is 1.68 bits per heavy atom. The molecule has 0 saturated heterocycles. The summed E-state index contributed by atoms with van der Waals surface area (Å²) in [6, 6.07) is 18.0. The summed E-state index contributed by atoms with van der Waals surface area (Å²) in [6.45, 7) is 0. The van der Waals surface area contributed by atoms with Crippen molar-refractivity contribution in [3.63, 3.8) is 0 Å². The lowest BCUT2D eigenvalue weighted by Crippen LogP contribution is -2.16. The van der Waals surface area contributed by atoms with Crippen LogP contribution >= 0.6 is 0 Å². The highest BCUT2D eigenvalue weighted by Crippen LogP contribution is 2.32. The third-order valence-electron chi connectivity index (χ3n) is 4.55. The number of methoxy groups -OCH3 is 2. The fourth-order valence-corrected chi connectivity index (χ4v) is 4.21. The van der Waals surface area contributed by atoms with Crippen molar-refractivity contribution in [1.82, 2.24) is 15.0 Å². The molecule has 0 aliphatic heterocycles. The first-order valence-electron chi connectivity index (χ1n) is 9.38. The molecule has 1 N–H and O–H groups in total. The Kier molecular flexibility index (Phi) is 5.68. The van der Waals surface area contributed by atoms with Crippen LogP contribution in [-0.4, -0.2) is 37.6 Å². The zero-order valence-electron chi connectivity index (χ0n) is 16.9. The fourth-order valence-electron chi connectivity index (χ4n) is 3.09. The molecule has 0 fully saturated rings. The maximum absolute atomic E-state index is 12.5. The van der Waals surface area contributed by atoms with E-state index in [1.54, 1.807) is 50.6 Å². The number of anilines is 1. The molecule has 31 heavy (non-hydrogen) atoms. The Hall–Kier alpha value is -3.72. The van der Waals surface area contributed by atoms with Gasteiger partial charge in [-0.2, -0.15) is 0 Å². The van der Waals surface area contributed by atoms with Crippen LogP contribution in [0.25, 0.3) is 22.4 Å². The molecule has 0 atom stereocenters. The van der Waals surface area contributed by atoms with Crippen molar-refractivity contribution in [3.8, 4) is 22.8 Å². The minimum atomic E-state index is -3.65. The Balaban J connectivity index is 1.63. The average Bonchev–Trinajstić information content (AvgIpc) is 2.78. The smallest absolute Gasteiger partial charge is 0.238 e. The molecular weight excluding hydrogens is 416 g/mol. The van der Waals surface area contributed by atoms with Gasteiger partial charge in [-0.05, 0) is 35.9 Å². The summed E-state index contributed by atoms with van der Waals surface area (Å²) in [5, 5.41) is 0. The summed E-state index contributed by atoms with van der Waals surface area (Å²) >= 11 is 0. The van der Waals surface area contributed by atoms with Gasteiger partial charge in [-0.3, -0.25) is 4.72 Å². The molecule has 0 unspecified atom stereocenters. The van der Waals surface area contributed by atoms with Crippen LogP contribution in [0, 0.1) is 0 Å². The maximum atomic E-state index is 12.5. The highest BCUT2D eigenvalue weighted by Gasteiger charge is 2.14. The third kappa shape index (κ3) is 4.72. The van der Waals surface area contributed by atoms with Crippen molar-refractivity contribution in [2.24, 2.45) is 0 Å². The Bertz CT molecular complexity index is 1330. The summed E-state index contributed by atoms with van der Waals surface area (Å²) < 4.78 is 38.1. The van der Waals surface area contributed by atoms with Gasteiger partial charge in [0.1, 0.15) is 5.52 Å². The molecule has 0 aliphatic carbocycles. The van der Waals surface area contributed by atoms with Crippen LogP contribution in [0.4, 0.5) is 5.82 Å². The van der Waals surface area contributed by atoms with Gasteiger partial charge >= 0.3 is 0 Å². The largest absolute Gasteiger partial charge is 0.493 e. The van der Waals surface area contributed by atoms with Gasteiger partial charge < -0.3 is 9.47 Å². The lowest BCUT2D eigenvalue weighted by molar-refractivity contribution is 0.355. The van der Waals surface area contributed by atoms with E-state index >= 15 is 0 Å². The van der Waals surface area contributed by atoms with Gasteiger partial charge in [0.05, 0.1) is 31.9 Å². The van der Waals surface area contributed by atoms with E-state index < -0.39 is 10.0 Å². The molecule has 9 heteroatoms. The van der Waals surface area contributed by atoms with Crippen molar-refractivity contribution >= 4 is 27.0 Å². The predicted octanol–water partition coefficient (Wildman–Crippen LogP) is 3.65. The Morgan fingerprint density at radius 1 is 0.903 bits per heavy atom. The highest BCUT2D eigenvalue weighted by atomic mass is 32.2. The molecule has 2 aromatic heterocycles. The quantitative estimate of drug-likeness (QED) is 0.472. The van der Waals surface area contributed by atoms with E-state index in [4.69, 9.17) is 9.47 Å². The molecule has 0 bridgehead atoms. The second-order valence-corrected chi connectivity index (χ2v) is 8.43. The van der Waals surface area contributed by atoms with Gasteiger partial charge in [0.15, 0.2) is 23.0 Å². The van der Waals surface area contributed by atoms with Gasteiger partial charge in [0.25, 0.3) is 0 Å². The minimum absolute atomic E-state index is 0.111. The standard InChI is InChI=1S/C22H20N4O4S/c1-29-19-11-8-16(12-20(19)30-2)17-9-10-18-22(24-17)25-21(13-23-18)26-31(27,28)14-15-6-4-3-5-7-15/h3-13H,14H2,1-2H3,(H,24,25,26). The molecule has 4 rings (SSSR count). The lowest BCUT2D eigenvalue weighted by Gasteiger charge is -2.10. The van der Waals surface area contributed by atoms with Crippen LogP contribution in [0.2, 0.25) is 0 Å². The van der Waals surface area contributed by atoms with Gasteiger partial charge in [-0.25, -0.2) is 23.4 Å². The van der Waals surface area contributed by atoms with Crippen molar-refractivity contribution in [2.75, 3.05) is 18.9 Å². The zero-order valence-corrected chi connectivity index (χ0v) is 17.8. The zero-order chi connectivity index (χ0) is 21.8. The minimum Gasteiger partial charge on any atom is -0.493 e. The summed E-state index contributed by atoms with van der Waals surface area (Å²) in [6.07, 6.45) is 1.38. The van der Waals surface area contributed by atoms with Crippen LogP contribution < -0.4 is 14.2 Å². The topological polar surface area (TPSA) is 103 Å². The van der Waals surface area contributed by atoms with Crippen LogP contribution in [-0.2, 0) is 15.8 Å². The first-order chi connectivity index (χ1) is 15.0. The Morgan fingerprint density at radius 3 is 2.42 bits per heavy atom. The molecule has 0 radical (unpaired) electrons. The van der Waals surface area contributed by atoms with E-state index in [0.717, 1.165) is 5.56 Å². The summed E-state index contributed by atoms with van der Waals surface area (Å²) in [5.41, 5.74) is 3.00. The molecule has 0 amide bonds. The first kappa shape index (κ1) is 20.5. The SMILES string of the molecule is COc1ccc(-c2ccc3ncc(NS(=O)(=O)Cc4ccccc4)nc3n2)cc1OC. The summed E-state index contributed by atoms with van der Waals surface area (Å²) in [5.74, 6) is 1.14. The number of aromatic nitrogens is 3. The van der Waals surface area contributed by atoms with E-state index in [0.29, 0.717) is 33.9 Å². The number of nitrogens with zero attached hydrogens (tertiary/aromatic N) is 3. The van der Waals surface area contributed by atoms with E-state index in [1.165, 1.54) is 6.20 Å². The average molecular weight is 436 g/mol. The number of benzene rings is 2. The Labute approximate surface area is 180 Å².